The van der Waals surface area contributed by atoms with Gasteiger partial charge < -0.3 is 10.6 Å². The third-order valence-electron chi connectivity index (χ3n) is 4.34. The highest BCUT2D eigenvalue weighted by molar-refractivity contribution is 5.96. The van der Waals surface area contributed by atoms with Crippen LogP contribution in [0, 0.1) is 31.3 Å². The smallest absolute Gasteiger partial charge is 0.246 e. The molecule has 3 aromatic rings. The molecule has 0 aliphatic carbocycles. The molecule has 1 unspecified atom stereocenters. The topological polar surface area (TPSA) is 59.0 Å². The normalized spacial score (nSPS) is 11.9. The van der Waals surface area contributed by atoms with Gasteiger partial charge in [-0.25, -0.2) is 17.9 Å². The largest absolute Gasteiger partial charge is 0.371 e. The van der Waals surface area contributed by atoms with Crippen molar-refractivity contribution in [3.8, 4) is 5.69 Å². The Morgan fingerprint density at radius 2 is 1.71 bits per heavy atom. The van der Waals surface area contributed by atoms with Crippen LogP contribution in [0.3, 0.4) is 0 Å². The number of carbonyl (C=O) groups excluding carboxylic acids is 1. The van der Waals surface area contributed by atoms with E-state index in [4.69, 9.17) is 0 Å². The molecule has 0 spiro atoms. The van der Waals surface area contributed by atoms with Crippen LogP contribution in [-0.4, -0.2) is 21.7 Å². The van der Waals surface area contributed by atoms with E-state index in [-0.39, 0.29) is 0 Å². The Morgan fingerprint density at radius 3 is 2.39 bits per heavy atom. The molecule has 2 N–H and O–H groups in total. The average molecular weight is 388 g/mol. The Labute approximate surface area is 160 Å². The van der Waals surface area contributed by atoms with E-state index in [0.717, 1.165) is 23.5 Å². The summed E-state index contributed by atoms with van der Waals surface area (Å²) in [6.45, 7) is 5.23. The number of aromatic nitrogens is 2. The van der Waals surface area contributed by atoms with Gasteiger partial charge >= 0.3 is 0 Å². The van der Waals surface area contributed by atoms with E-state index in [2.05, 4.69) is 15.7 Å². The maximum atomic E-state index is 13.8. The zero-order valence-electron chi connectivity index (χ0n) is 15.6. The predicted octanol–water partition coefficient (Wildman–Crippen LogP) is 4.35. The summed E-state index contributed by atoms with van der Waals surface area (Å²) in [6.07, 6.45) is 0. The molecule has 1 heterocycles. The van der Waals surface area contributed by atoms with Crippen molar-refractivity contribution in [1.29, 1.82) is 0 Å². The molecule has 1 amide bonds. The molecular formula is C20H19F3N4O. The lowest BCUT2D eigenvalue weighted by Gasteiger charge is -2.16. The van der Waals surface area contributed by atoms with Crippen LogP contribution in [0.4, 0.5) is 24.5 Å². The summed E-state index contributed by atoms with van der Waals surface area (Å²) in [4.78, 5) is 12.4. The van der Waals surface area contributed by atoms with Gasteiger partial charge in [-0.3, -0.25) is 4.79 Å². The number of benzene rings is 2. The molecule has 2 aromatic carbocycles. The van der Waals surface area contributed by atoms with Crippen molar-refractivity contribution in [1.82, 2.24) is 9.78 Å². The number of carbonyl (C=O) groups is 1. The minimum absolute atomic E-state index is 0.425. The van der Waals surface area contributed by atoms with Crippen molar-refractivity contribution in [3.63, 3.8) is 0 Å². The molecule has 1 aromatic heterocycles. The van der Waals surface area contributed by atoms with Crippen molar-refractivity contribution >= 4 is 17.3 Å². The van der Waals surface area contributed by atoms with Gasteiger partial charge in [0.25, 0.3) is 0 Å². The molecule has 0 saturated carbocycles. The second kappa shape index (κ2) is 7.75. The molecule has 0 saturated heterocycles. The maximum absolute atomic E-state index is 13.8. The number of rotatable bonds is 5. The number of anilines is 2. The van der Waals surface area contributed by atoms with Crippen molar-refractivity contribution in [2.24, 2.45) is 0 Å². The van der Waals surface area contributed by atoms with E-state index in [1.54, 1.807) is 18.5 Å². The SMILES string of the molecule is Cc1nn(-c2ccccc2)c(C)c1NC(C)C(=O)Nc1ccc(F)c(F)c1F. The van der Waals surface area contributed by atoms with Crippen LogP contribution in [0.2, 0.25) is 0 Å². The van der Waals surface area contributed by atoms with E-state index < -0.39 is 35.1 Å². The molecule has 0 aliphatic heterocycles. The van der Waals surface area contributed by atoms with Gasteiger partial charge in [0.1, 0.15) is 6.04 Å². The van der Waals surface area contributed by atoms with E-state index in [1.165, 1.54) is 0 Å². The summed E-state index contributed by atoms with van der Waals surface area (Å²) < 4.78 is 41.9. The van der Waals surface area contributed by atoms with Crippen LogP contribution < -0.4 is 10.6 Å². The molecular weight excluding hydrogens is 369 g/mol. The molecule has 0 radical (unpaired) electrons. The Hall–Kier alpha value is -3.29. The molecule has 0 bridgehead atoms. The fourth-order valence-electron chi connectivity index (χ4n) is 2.82. The van der Waals surface area contributed by atoms with Gasteiger partial charge in [0.05, 0.1) is 28.5 Å². The molecule has 3 rings (SSSR count). The van der Waals surface area contributed by atoms with E-state index >= 15 is 0 Å². The number of nitrogens with zero attached hydrogens (tertiary/aromatic N) is 2. The van der Waals surface area contributed by atoms with Crippen LogP contribution in [0.15, 0.2) is 42.5 Å². The standard InChI is InChI=1S/C20H19F3N4O/c1-11-19(13(3)27(26-11)14-7-5-4-6-8-14)24-12(2)20(28)25-16-10-9-15(21)17(22)18(16)23/h4-10,12,24H,1-3H3,(H,25,28). The first-order valence-electron chi connectivity index (χ1n) is 8.62. The van der Waals surface area contributed by atoms with Crippen molar-refractivity contribution < 1.29 is 18.0 Å². The second-order valence-corrected chi connectivity index (χ2v) is 6.37. The number of aryl methyl sites for hydroxylation is 1. The highest BCUT2D eigenvalue weighted by atomic mass is 19.2. The Bertz CT molecular complexity index is 1020. The third kappa shape index (κ3) is 3.71. The summed E-state index contributed by atoms with van der Waals surface area (Å²) in [5.74, 6) is -4.99. The van der Waals surface area contributed by atoms with E-state index in [1.807, 2.05) is 37.3 Å². The van der Waals surface area contributed by atoms with Gasteiger partial charge in [-0.15, -0.1) is 0 Å². The van der Waals surface area contributed by atoms with Crippen LogP contribution in [0.1, 0.15) is 18.3 Å². The number of hydrogen-bond acceptors (Lipinski definition) is 3. The van der Waals surface area contributed by atoms with Crippen molar-refractivity contribution in [2.45, 2.75) is 26.8 Å². The first-order valence-corrected chi connectivity index (χ1v) is 8.62. The third-order valence-corrected chi connectivity index (χ3v) is 4.34. The van der Waals surface area contributed by atoms with Crippen molar-refractivity contribution in [3.05, 3.63) is 71.3 Å². The molecule has 146 valence electrons. The Kier molecular flexibility index (Phi) is 5.39. The highest BCUT2D eigenvalue weighted by Gasteiger charge is 2.21. The van der Waals surface area contributed by atoms with E-state index in [9.17, 15) is 18.0 Å². The highest BCUT2D eigenvalue weighted by Crippen LogP contribution is 2.24. The zero-order chi connectivity index (χ0) is 20.4. The minimum Gasteiger partial charge on any atom is -0.371 e. The predicted molar refractivity (Wildman–Crippen MR) is 101 cm³/mol. The lowest BCUT2D eigenvalue weighted by molar-refractivity contribution is -0.116. The number of nitrogens with one attached hydrogen (secondary N) is 2. The van der Waals surface area contributed by atoms with Gasteiger partial charge in [0, 0.05) is 0 Å². The molecule has 28 heavy (non-hydrogen) atoms. The molecule has 1 atom stereocenters. The molecule has 5 nitrogen and oxygen atoms in total. The van der Waals surface area contributed by atoms with Crippen LogP contribution >= 0.6 is 0 Å². The second-order valence-electron chi connectivity index (χ2n) is 6.37. The first kappa shape index (κ1) is 19.5. The number of halogens is 3. The molecule has 8 heteroatoms. The minimum atomic E-state index is -1.63. The summed E-state index contributed by atoms with van der Waals surface area (Å²) >= 11 is 0. The van der Waals surface area contributed by atoms with Gasteiger partial charge in [0.15, 0.2) is 17.5 Å². The lowest BCUT2D eigenvalue weighted by Crippen LogP contribution is -2.32. The first-order chi connectivity index (χ1) is 13.3. The van der Waals surface area contributed by atoms with Crippen LogP contribution in [-0.2, 0) is 4.79 Å². The summed E-state index contributed by atoms with van der Waals surface area (Å²) in [5, 5.41) is 9.80. The molecule has 0 aliphatic rings. The fraction of sp³-hybridized carbons (Fsp3) is 0.200. The average Bonchev–Trinajstić information content (AvgIpc) is 2.97. The fourth-order valence-corrected chi connectivity index (χ4v) is 2.82. The Morgan fingerprint density at radius 1 is 1.04 bits per heavy atom. The number of amides is 1. The van der Waals surface area contributed by atoms with Gasteiger partial charge in [0.2, 0.25) is 5.91 Å². The van der Waals surface area contributed by atoms with Gasteiger partial charge in [-0.05, 0) is 45.0 Å². The lowest BCUT2D eigenvalue weighted by atomic mass is 10.2. The summed E-state index contributed by atoms with van der Waals surface area (Å²) in [5.41, 5.74) is 2.59. The van der Waals surface area contributed by atoms with Crippen LogP contribution in [0.25, 0.3) is 5.69 Å². The zero-order valence-corrected chi connectivity index (χ0v) is 15.6. The van der Waals surface area contributed by atoms with Crippen molar-refractivity contribution in [2.75, 3.05) is 10.6 Å². The maximum Gasteiger partial charge on any atom is 0.246 e. The molecule has 0 fully saturated rings. The number of para-hydroxylation sites is 1. The quantitative estimate of drug-likeness (QED) is 0.639. The van der Waals surface area contributed by atoms with E-state index in [0.29, 0.717) is 11.4 Å². The van der Waals surface area contributed by atoms with Gasteiger partial charge in [-0.1, -0.05) is 18.2 Å². The van der Waals surface area contributed by atoms with Crippen LogP contribution in [0.5, 0.6) is 0 Å². The van der Waals surface area contributed by atoms with Gasteiger partial charge in [-0.2, -0.15) is 5.10 Å². The number of hydrogen-bond donors (Lipinski definition) is 2. The summed E-state index contributed by atoms with van der Waals surface area (Å²) in [6, 6.07) is 10.5. The Balaban J connectivity index is 1.78. The monoisotopic (exact) mass is 388 g/mol. The summed E-state index contributed by atoms with van der Waals surface area (Å²) in [7, 11) is 0.